The Hall–Kier alpha value is -2.20. The number of amides is 1. The fraction of sp³-hybridized carbons (Fsp3) is 0.0667. The van der Waals surface area contributed by atoms with Gasteiger partial charge in [0.25, 0.3) is 5.91 Å². The van der Waals surface area contributed by atoms with Gasteiger partial charge in [0, 0.05) is 10.6 Å². The number of benzene rings is 2. The quantitative estimate of drug-likeness (QED) is 0.680. The molecule has 2 rings (SSSR count). The van der Waals surface area contributed by atoms with Gasteiger partial charge < -0.3 is 0 Å². The van der Waals surface area contributed by atoms with Crippen molar-refractivity contribution >= 4 is 23.2 Å². The van der Waals surface area contributed by atoms with Crippen molar-refractivity contribution < 1.29 is 9.18 Å². The molecule has 0 radical (unpaired) electrons. The first-order valence-electron chi connectivity index (χ1n) is 5.92. The van der Waals surface area contributed by atoms with Crippen molar-refractivity contribution in [2.75, 3.05) is 0 Å². The molecular weight excluding hydrogens is 279 g/mol. The summed E-state index contributed by atoms with van der Waals surface area (Å²) < 4.78 is 13.0. The lowest BCUT2D eigenvalue weighted by molar-refractivity contribution is 0.0954. The van der Waals surface area contributed by atoms with Crippen LogP contribution in [0.3, 0.4) is 0 Å². The molecule has 0 atom stereocenters. The number of nitrogens with one attached hydrogen (secondary N) is 1. The van der Waals surface area contributed by atoms with Gasteiger partial charge in [-0.2, -0.15) is 5.10 Å². The van der Waals surface area contributed by atoms with Gasteiger partial charge in [0.1, 0.15) is 5.82 Å². The van der Waals surface area contributed by atoms with Crippen molar-refractivity contribution in [1.82, 2.24) is 5.43 Å². The first-order valence-corrected chi connectivity index (χ1v) is 6.30. The minimum Gasteiger partial charge on any atom is -0.267 e. The first kappa shape index (κ1) is 14.2. The van der Waals surface area contributed by atoms with E-state index in [4.69, 9.17) is 11.6 Å². The number of rotatable bonds is 3. The molecule has 0 fully saturated rings. The highest BCUT2D eigenvalue weighted by atomic mass is 35.5. The highest BCUT2D eigenvalue weighted by Gasteiger charge is 2.05. The van der Waals surface area contributed by atoms with Crippen LogP contribution in [0.5, 0.6) is 0 Å². The third kappa shape index (κ3) is 3.65. The molecule has 0 heterocycles. The van der Waals surface area contributed by atoms with Gasteiger partial charge in [-0.1, -0.05) is 29.8 Å². The van der Waals surface area contributed by atoms with Crippen LogP contribution in [0, 0.1) is 5.82 Å². The Morgan fingerprint density at radius 3 is 2.50 bits per heavy atom. The highest BCUT2D eigenvalue weighted by molar-refractivity contribution is 6.30. The summed E-state index contributed by atoms with van der Waals surface area (Å²) >= 11 is 5.79. The van der Waals surface area contributed by atoms with E-state index >= 15 is 0 Å². The number of carbonyl (C=O) groups is 1. The largest absolute Gasteiger partial charge is 0.271 e. The van der Waals surface area contributed by atoms with Crippen molar-refractivity contribution in [3.05, 3.63) is 70.5 Å². The lowest BCUT2D eigenvalue weighted by atomic mass is 10.1. The zero-order chi connectivity index (χ0) is 14.5. The number of hydrazone groups is 1. The molecule has 0 aliphatic heterocycles. The standard InChI is InChI=1S/C15H12ClFN2O/c1-10(11-5-7-13(16)8-6-11)18-19-15(20)12-3-2-4-14(17)9-12/h2-9H,1H3,(H,19,20)/b18-10+. The van der Waals surface area contributed by atoms with E-state index in [2.05, 4.69) is 10.5 Å². The maximum absolute atomic E-state index is 13.0. The summed E-state index contributed by atoms with van der Waals surface area (Å²) in [5.74, 6) is -0.922. The summed E-state index contributed by atoms with van der Waals surface area (Å²) in [5.41, 5.74) is 4.08. The number of hydrogen-bond acceptors (Lipinski definition) is 2. The Morgan fingerprint density at radius 1 is 1.15 bits per heavy atom. The Balaban J connectivity index is 2.08. The second-order valence-electron chi connectivity index (χ2n) is 4.16. The molecule has 3 nitrogen and oxygen atoms in total. The molecule has 0 saturated heterocycles. The van der Waals surface area contributed by atoms with Crippen molar-refractivity contribution in [2.45, 2.75) is 6.92 Å². The van der Waals surface area contributed by atoms with Crippen LogP contribution in [-0.2, 0) is 0 Å². The summed E-state index contributed by atoms with van der Waals surface area (Å²) in [5, 5.41) is 4.61. The van der Waals surface area contributed by atoms with E-state index in [1.807, 2.05) is 0 Å². The molecule has 102 valence electrons. The second-order valence-corrected chi connectivity index (χ2v) is 4.59. The van der Waals surface area contributed by atoms with Gasteiger partial charge in [0.15, 0.2) is 0 Å². The average Bonchev–Trinajstić information content (AvgIpc) is 2.45. The van der Waals surface area contributed by atoms with Crippen LogP contribution in [0.25, 0.3) is 0 Å². The molecule has 20 heavy (non-hydrogen) atoms. The van der Waals surface area contributed by atoms with Gasteiger partial charge in [-0.25, -0.2) is 9.82 Å². The van der Waals surface area contributed by atoms with Crippen LogP contribution in [0.1, 0.15) is 22.8 Å². The lowest BCUT2D eigenvalue weighted by Gasteiger charge is -2.03. The topological polar surface area (TPSA) is 41.5 Å². The van der Waals surface area contributed by atoms with Gasteiger partial charge in [0.2, 0.25) is 0 Å². The SMILES string of the molecule is C/C(=N\NC(=O)c1cccc(F)c1)c1ccc(Cl)cc1. The van der Waals surface area contributed by atoms with Crippen LogP contribution in [0.2, 0.25) is 5.02 Å². The maximum Gasteiger partial charge on any atom is 0.271 e. The maximum atomic E-state index is 13.0. The predicted molar refractivity (Wildman–Crippen MR) is 77.5 cm³/mol. The summed E-state index contributed by atoms with van der Waals surface area (Å²) in [6.07, 6.45) is 0. The molecule has 0 aromatic heterocycles. The van der Waals surface area contributed by atoms with E-state index in [-0.39, 0.29) is 5.56 Å². The summed E-state index contributed by atoms with van der Waals surface area (Å²) in [4.78, 5) is 11.8. The Bertz CT molecular complexity index is 653. The van der Waals surface area contributed by atoms with E-state index in [1.54, 1.807) is 31.2 Å². The smallest absolute Gasteiger partial charge is 0.267 e. The monoisotopic (exact) mass is 290 g/mol. The minimum absolute atomic E-state index is 0.220. The molecule has 0 saturated carbocycles. The van der Waals surface area contributed by atoms with E-state index in [1.165, 1.54) is 18.2 Å². The number of carbonyl (C=O) groups excluding carboxylic acids is 1. The minimum atomic E-state index is -0.462. The molecule has 0 bridgehead atoms. The summed E-state index contributed by atoms with van der Waals surface area (Å²) in [6, 6.07) is 12.5. The van der Waals surface area contributed by atoms with Gasteiger partial charge >= 0.3 is 0 Å². The van der Waals surface area contributed by atoms with Crippen LogP contribution < -0.4 is 5.43 Å². The molecule has 1 amide bonds. The van der Waals surface area contributed by atoms with E-state index in [9.17, 15) is 9.18 Å². The lowest BCUT2D eigenvalue weighted by Crippen LogP contribution is -2.19. The molecule has 2 aromatic carbocycles. The molecule has 2 aromatic rings. The van der Waals surface area contributed by atoms with Crippen molar-refractivity contribution in [3.8, 4) is 0 Å². The Morgan fingerprint density at radius 2 is 1.85 bits per heavy atom. The molecule has 5 heteroatoms. The Kier molecular flexibility index (Phi) is 4.48. The third-order valence-corrected chi connectivity index (χ3v) is 2.93. The number of nitrogens with zero attached hydrogens (tertiary/aromatic N) is 1. The normalized spacial score (nSPS) is 11.2. The molecular formula is C15H12ClFN2O. The van der Waals surface area contributed by atoms with Crippen LogP contribution in [0.4, 0.5) is 4.39 Å². The molecule has 0 spiro atoms. The van der Waals surface area contributed by atoms with Gasteiger partial charge in [0.05, 0.1) is 5.71 Å². The zero-order valence-electron chi connectivity index (χ0n) is 10.7. The van der Waals surface area contributed by atoms with Gasteiger partial charge in [-0.3, -0.25) is 4.79 Å². The van der Waals surface area contributed by atoms with Gasteiger partial charge in [-0.15, -0.1) is 0 Å². The Labute approximate surface area is 121 Å². The van der Waals surface area contributed by atoms with E-state index < -0.39 is 11.7 Å². The number of hydrogen-bond donors (Lipinski definition) is 1. The highest BCUT2D eigenvalue weighted by Crippen LogP contribution is 2.10. The van der Waals surface area contributed by atoms with Gasteiger partial charge in [-0.05, 0) is 42.8 Å². The zero-order valence-corrected chi connectivity index (χ0v) is 11.5. The van der Waals surface area contributed by atoms with E-state index in [0.717, 1.165) is 11.6 Å². The first-order chi connectivity index (χ1) is 9.56. The van der Waals surface area contributed by atoms with Crippen LogP contribution >= 0.6 is 11.6 Å². The fourth-order valence-corrected chi connectivity index (χ4v) is 1.71. The van der Waals surface area contributed by atoms with E-state index in [0.29, 0.717) is 10.7 Å². The van der Waals surface area contributed by atoms with Crippen LogP contribution in [0.15, 0.2) is 53.6 Å². The van der Waals surface area contributed by atoms with Crippen molar-refractivity contribution in [1.29, 1.82) is 0 Å². The van der Waals surface area contributed by atoms with Crippen LogP contribution in [-0.4, -0.2) is 11.6 Å². The van der Waals surface area contributed by atoms with Crippen molar-refractivity contribution in [3.63, 3.8) is 0 Å². The second kappa shape index (κ2) is 6.30. The summed E-state index contributed by atoms with van der Waals surface area (Å²) in [6.45, 7) is 1.76. The molecule has 0 aliphatic carbocycles. The number of halogens is 2. The molecule has 0 unspecified atom stereocenters. The average molecular weight is 291 g/mol. The third-order valence-electron chi connectivity index (χ3n) is 2.67. The predicted octanol–water partition coefficient (Wildman–Crippen LogP) is 3.63. The fourth-order valence-electron chi connectivity index (χ4n) is 1.58. The molecule has 1 N–H and O–H groups in total. The van der Waals surface area contributed by atoms with Crippen molar-refractivity contribution in [2.24, 2.45) is 5.10 Å². The summed E-state index contributed by atoms with van der Waals surface area (Å²) in [7, 11) is 0. The molecule has 0 aliphatic rings.